The van der Waals surface area contributed by atoms with E-state index in [4.69, 9.17) is 9.16 Å². The van der Waals surface area contributed by atoms with Crippen LogP contribution in [-0.4, -0.2) is 42.6 Å². The van der Waals surface area contributed by atoms with Crippen molar-refractivity contribution in [3.63, 3.8) is 0 Å². The number of carbonyl (C=O) groups excluding carboxylic acids is 1. The third kappa shape index (κ3) is 5.81. The molecular weight excluding hydrogens is 511 g/mol. The highest BCUT2D eigenvalue weighted by molar-refractivity contribution is 7.99. The second-order valence-corrected chi connectivity index (χ2v) is 17.4. The number of carbonyl (C=O) groups is 1. The molecule has 1 aliphatic heterocycles. The van der Waals surface area contributed by atoms with Gasteiger partial charge >= 0.3 is 6.09 Å². The molecule has 0 saturated carbocycles. The summed E-state index contributed by atoms with van der Waals surface area (Å²) in [4.78, 5) is 21.5. The first kappa shape index (κ1) is 27.9. The maximum absolute atomic E-state index is 13.6. The number of fused-ring (bicyclic) bond motifs is 2. The lowest BCUT2D eigenvalue weighted by Gasteiger charge is -2.36. The largest absolute Gasteiger partial charge is 0.543 e. The van der Waals surface area contributed by atoms with Gasteiger partial charge in [0.25, 0.3) is 0 Å². The van der Waals surface area contributed by atoms with Crippen molar-refractivity contribution in [2.75, 3.05) is 42.9 Å². The third-order valence-corrected chi connectivity index (χ3v) is 12.7. The van der Waals surface area contributed by atoms with E-state index in [0.717, 1.165) is 43.9 Å². The molecule has 0 aromatic heterocycles. The SMILES string of the molecule is CN(C)c1ccc2c(c1)Sc1cc(N(C)C)ccc1N2C(=O)OCc1cccc(O[Si](C)(C)C(C)(C)C)c1. The van der Waals surface area contributed by atoms with Crippen molar-refractivity contribution in [3.05, 3.63) is 66.2 Å². The zero-order valence-corrected chi connectivity index (χ0v) is 25.8. The molecule has 6 nitrogen and oxygen atoms in total. The summed E-state index contributed by atoms with van der Waals surface area (Å²) in [5.41, 5.74) is 4.70. The van der Waals surface area contributed by atoms with Crippen LogP contribution in [0.15, 0.2) is 70.5 Å². The Morgan fingerprint density at radius 3 is 1.92 bits per heavy atom. The number of nitrogens with zero attached hydrogens (tertiary/aromatic N) is 3. The molecule has 4 rings (SSSR count). The molecule has 202 valence electrons. The zero-order valence-electron chi connectivity index (χ0n) is 24.0. The summed E-state index contributed by atoms with van der Waals surface area (Å²) in [5, 5.41) is 0.0986. The zero-order chi connectivity index (χ0) is 27.8. The fourth-order valence-corrected chi connectivity index (χ4v) is 6.04. The highest BCUT2D eigenvalue weighted by Gasteiger charge is 2.39. The molecule has 0 N–H and O–H groups in total. The van der Waals surface area contributed by atoms with Gasteiger partial charge in [-0.05, 0) is 72.2 Å². The smallest absolute Gasteiger partial charge is 0.419 e. The molecule has 0 spiro atoms. The van der Waals surface area contributed by atoms with Gasteiger partial charge < -0.3 is 19.0 Å². The number of anilines is 4. The van der Waals surface area contributed by atoms with Crippen LogP contribution in [0.2, 0.25) is 18.1 Å². The van der Waals surface area contributed by atoms with Crippen LogP contribution in [0, 0.1) is 0 Å². The molecule has 0 bridgehead atoms. The number of amides is 1. The minimum atomic E-state index is -1.97. The van der Waals surface area contributed by atoms with Crippen LogP contribution in [0.4, 0.5) is 27.5 Å². The van der Waals surface area contributed by atoms with Crippen LogP contribution >= 0.6 is 11.8 Å². The molecule has 1 amide bonds. The number of hydrogen-bond acceptors (Lipinski definition) is 6. The molecular formula is C30H39N3O3SSi. The van der Waals surface area contributed by atoms with Crippen molar-refractivity contribution in [2.24, 2.45) is 0 Å². The number of benzene rings is 3. The van der Waals surface area contributed by atoms with Crippen molar-refractivity contribution in [1.29, 1.82) is 0 Å². The molecule has 0 aliphatic carbocycles. The van der Waals surface area contributed by atoms with Crippen molar-refractivity contribution in [1.82, 2.24) is 0 Å². The lowest BCUT2D eigenvalue weighted by molar-refractivity contribution is 0.149. The minimum absolute atomic E-state index is 0.0986. The summed E-state index contributed by atoms with van der Waals surface area (Å²) in [6.07, 6.45) is -0.404. The first-order chi connectivity index (χ1) is 17.8. The fourth-order valence-electron chi connectivity index (χ4n) is 3.90. The topological polar surface area (TPSA) is 45.2 Å². The number of hydrogen-bond donors (Lipinski definition) is 0. The average molecular weight is 550 g/mol. The van der Waals surface area contributed by atoms with Gasteiger partial charge in [0.1, 0.15) is 12.4 Å². The third-order valence-electron chi connectivity index (χ3n) is 7.24. The van der Waals surface area contributed by atoms with E-state index in [2.05, 4.69) is 55.8 Å². The molecule has 0 unspecified atom stereocenters. The van der Waals surface area contributed by atoms with Gasteiger partial charge in [0.05, 0.1) is 11.4 Å². The van der Waals surface area contributed by atoms with Gasteiger partial charge in [0.15, 0.2) is 0 Å². The van der Waals surface area contributed by atoms with Gasteiger partial charge in [-0.25, -0.2) is 9.69 Å². The monoisotopic (exact) mass is 549 g/mol. The lowest BCUT2D eigenvalue weighted by atomic mass is 10.2. The van der Waals surface area contributed by atoms with E-state index in [1.54, 1.807) is 16.7 Å². The number of ether oxygens (including phenoxy) is 1. The van der Waals surface area contributed by atoms with Crippen LogP contribution in [-0.2, 0) is 11.3 Å². The van der Waals surface area contributed by atoms with Crippen LogP contribution < -0.4 is 19.1 Å². The van der Waals surface area contributed by atoms with Crippen molar-refractivity contribution >= 4 is 48.9 Å². The Balaban J connectivity index is 1.60. The van der Waals surface area contributed by atoms with Gasteiger partial charge in [-0.3, -0.25) is 0 Å². The van der Waals surface area contributed by atoms with Gasteiger partial charge in [0.2, 0.25) is 8.32 Å². The molecule has 3 aromatic carbocycles. The molecule has 0 fully saturated rings. The molecule has 0 radical (unpaired) electrons. The van der Waals surface area contributed by atoms with Crippen LogP contribution in [0.25, 0.3) is 0 Å². The van der Waals surface area contributed by atoms with Crippen LogP contribution in [0.5, 0.6) is 5.75 Å². The number of rotatable bonds is 6. The van der Waals surface area contributed by atoms with E-state index in [-0.39, 0.29) is 11.6 Å². The summed E-state index contributed by atoms with van der Waals surface area (Å²) >= 11 is 1.67. The van der Waals surface area contributed by atoms with E-state index in [9.17, 15) is 4.79 Å². The van der Waals surface area contributed by atoms with Gasteiger partial charge in [0, 0.05) is 49.4 Å². The van der Waals surface area contributed by atoms with Gasteiger partial charge in [-0.1, -0.05) is 44.7 Å². The Kier molecular flexibility index (Phi) is 7.77. The first-order valence-corrected chi connectivity index (χ1v) is 16.5. The minimum Gasteiger partial charge on any atom is -0.543 e. The fraction of sp³-hybridized carbons (Fsp3) is 0.367. The van der Waals surface area contributed by atoms with E-state index in [0.29, 0.717) is 0 Å². The normalized spacial score (nSPS) is 12.9. The molecule has 8 heteroatoms. The van der Waals surface area contributed by atoms with Crippen molar-refractivity contribution in [3.8, 4) is 5.75 Å². The Labute approximate surface area is 232 Å². The molecule has 1 aliphatic rings. The Morgan fingerprint density at radius 1 is 0.868 bits per heavy atom. The van der Waals surface area contributed by atoms with Crippen LogP contribution in [0.3, 0.4) is 0 Å². The van der Waals surface area contributed by atoms with E-state index in [1.807, 2.05) is 76.7 Å². The summed E-state index contributed by atoms with van der Waals surface area (Å²) < 4.78 is 12.4. The Bertz CT molecular complexity index is 1280. The van der Waals surface area contributed by atoms with Crippen LogP contribution in [0.1, 0.15) is 26.3 Å². The second-order valence-electron chi connectivity index (χ2n) is 11.6. The average Bonchev–Trinajstić information content (AvgIpc) is 2.84. The molecule has 0 saturated heterocycles. The predicted molar refractivity (Wildman–Crippen MR) is 162 cm³/mol. The van der Waals surface area contributed by atoms with Gasteiger partial charge in [-0.2, -0.15) is 0 Å². The maximum atomic E-state index is 13.6. The van der Waals surface area contributed by atoms with E-state index < -0.39 is 14.4 Å². The maximum Gasteiger partial charge on any atom is 0.419 e. The molecule has 3 aromatic rings. The quantitative estimate of drug-likeness (QED) is 0.289. The standard InChI is InChI=1S/C30H39N3O3SSi/c1-30(2,3)38(8,9)36-24-12-10-11-21(17-24)20-35-29(34)33-25-15-13-22(31(4)5)18-27(25)37-28-19-23(32(6)7)14-16-26(28)33/h10-19H,20H2,1-9H3. The first-order valence-electron chi connectivity index (χ1n) is 12.8. The summed E-state index contributed by atoms with van der Waals surface area (Å²) in [6, 6.07) is 20.2. The molecule has 0 atom stereocenters. The Hall–Kier alpha value is -3.10. The van der Waals surface area contributed by atoms with E-state index >= 15 is 0 Å². The summed E-state index contributed by atoms with van der Waals surface area (Å²) in [7, 11) is 6.09. The second kappa shape index (κ2) is 10.6. The molecule has 38 heavy (non-hydrogen) atoms. The summed E-state index contributed by atoms with van der Waals surface area (Å²) in [6.45, 7) is 11.3. The Morgan fingerprint density at radius 2 is 1.42 bits per heavy atom. The predicted octanol–water partition coefficient (Wildman–Crippen LogP) is 8.14. The molecule has 1 heterocycles. The lowest BCUT2D eigenvalue weighted by Crippen LogP contribution is -2.43. The van der Waals surface area contributed by atoms with Gasteiger partial charge in [-0.15, -0.1) is 0 Å². The van der Waals surface area contributed by atoms with E-state index in [1.165, 1.54) is 0 Å². The highest BCUT2D eigenvalue weighted by Crippen LogP contribution is 2.50. The van der Waals surface area contributed by atoms with Crippen molar-refractivity contribution in [2.45, 2.75) is 55.3 Å². The summed E-state index contributed by atoms with van der Waals surface area (Å²) in [5.74, 6) is 0.822. The highest BCUT2D eigenvalue weighted by atomic mass is 32.2. The van der Waals surface area contributed by atoms with Crippen molar-refractivity contribution < 1.29 is 14.0 Å².